The average molecular weight is 191 g/mol. The van der Waals surface area contributed by atoms with Crippen molar-refractivity contribution in [2.45, 2.75) is 51.9 Å². The Kier molecular flexibility index (Phi) is 11.4. The molecule has 0 saturated carbocycles. The molecule has 0 fully saturated rings. The van der Waals surface area contributed by atoms with Crippen LogP contribution in [0, 0.1) is 0 Å². The molecule has 0 bridgehead atoms. The molecule has 67 valence electrons. The first-order valence-corrected chi connectivity index (χ1v) is 6.57. The van der Waals surface area contributed by atoms with Crippen molar-refractivity contribution in [3.63, 3.8) is 0 Å². The Hall–Kier alpha value is 0.700. The molecule has 2 heteroatoms. The third-order valence-electron chi connectivity index (χ3n) is 1.83. The molecule has 0 unspecified atom stereocenters. The second kappa shape index (κ2) is 10.7. The lowest BCUT2D eigenvalue weighted by molar-refractivity contribution is 0.604. The van der Waals surface area contributed by atoms with Crippen LogP contribution in [0.3, 0.4) is 0 Å². The SMILES string of the molecule is CCCCCCCCCS[S]. The van der Waals surface area contributed by atoms with Gasteiger partial charge in [-0.1, -0.05) is 56.2 Å². The van der Waals surface area contributed by atoms with Gasteiger partial charge in [0.25, 0.3) is 0 Å². The molecular weight excluding hydrogens is 172 g/mol. The Morgan fingerprint density at radius 3 is 2.00 bits per heavy atom. The zero-order valence-corrected chi connectivity index (χ0v) is 9.11. The van der Waals surface area contributed by atoms with Crippen molar-refractivity contribution in [1.29, 1.82) is 0 Å². The fourth-order valence-electron chi connectivity index (χ4n) is 1.12. The highest BCUT2D eigenvalue weighted by Crippen LogP contribution is 2.11. The summed E-state index contributed by atoms with van der Waals surface area (Å²) in [6, 6.07) is 0. The van der Waals surface area contributed by atoms with Gasteiger partial charge in [0.05, 0.1) is 0 Å². The lowest BCUT2D eigenvalue weighted by Gasteiger charge is -1.98. The van der Waals surface area contributed by atoms with Crippen LogP contribution in [0.25, 0.3) is 0 Å². The summed E-state index contributed by atoms with van der Waals surface area (Å²) in [7, 11) is 1.55. The highest BCUT2D eigenvalue weighted by atomic mass is 33.1. The lowest BCUT2D eigenvalue weighted by atomic mass is 10.1. The van der Waals surface area contributed by atoms with Gasteiger partial charge in [0.1, 0.15) is 0 Å². The van der Waals surface area contributed by atoms with Crippen LogP contribution in [0.5, 0.6) is 0 Å². The van der Waals surface area contributed by atoms with Crippen molar-refractivity contribution in [2.24, 2.45) is 0 Å². The summed E-state index contributed by atoms with van der Waals surface area (Å²) in [5.74, 6) is 1.17. The number of rotatable bonds is 8. The van der Waals surface area contributed by atoms with E-state index in [2.05, 4.69) is 6.92 Å². The zero-order valence-electron chi connectivity index (χ0n) is 7.47. The molecule has 0 N–H and O–H groups in total. The van der Waals surface area contributed by atoms with Crippen LogP contribution in [-0.2, 0) is 0 Å². The van der Waals surface area contributed by atoms with E-state index >= 15 is 0 Å². The van der Waals surface area contributed by atoms with Crippen molar-refractivity contribution in [3.8, 4) is 0 Å². The van der Waals surface area contributed by atoms with Gasteiger partial charge in [-0.25, -0.2) is 0 Å². The largest absolute Gasteiger partial charge is 0.0817 e. The zero-order chi connectivity index (χ0) is 8.36. The van der Waals surface area contributed by atoms with Crippen molar-refractivity contribution in [3.05, 3.63) is 0 Å². The Bertz CT molecular complexity index is 56.6. The molecule has 0 nitrogen and oxygen atoms in total. The van der Waals surface area contributed by atoms with Crippen LogP contribution >= 0.6 is 22.5 Å². The van der Waals surface area contributed by atoms with Gasteiger partial charge in [0.15, 0.2) is 0 Å². The summed E-state index contributed by atoms with van der Waals surface area (Å²) in [5, 5.41) is 0. The highest BCUT2D eigenvalue weighted by molar-refractivity contribution is 8.68. The number of hydrogen-bond acceptors (Lipinski definition) is 1. The molecule has 0 spiro atoms. The Balaban J connectivity index is 2.69. The van der Waals surface area contributed by atoms with Gasteiger partial charge < -0.3 is 0 Å². The predicted octanol–water partition coefficient (Wildman–Crippen LogP) is 4.58. The molecule has 0 aromatic rings. The molecule has 0 aliphatic rings. The van der Waals surface area contributed by atoms with Crippen molar-refractivity contribution < 1.29 is 0 Å². The molecular formula is C9H19S2. The van der Waals surface area contributed by atoms with E-state index in [9.17, 15) is 0 Å². The summed E-state index contributed by atoms with van der Waals surface area (Å²) in [6.07, 6.45) is 9.73. The van der Waals surface area contributed by atoms with E-state index in [0.29, 0.717) is 0 Å². The van der Waals surface area contributed by atoms with Crippen LogP contribution in [-0.4, -0.2) is 5.75 Å². The predicted molar refractivity (Wildman–Crippen MR) is 58.0 cm³/mol. The normalized spacial score (nSPS) is 10.4. The van der Waals surface area contributed by atoms with E-state index < -0.39 is 0 Å². The van der Waals surface area contributed by atoms with Gasteiger partial charge in [-0.3, -0.25) is 0 Å². The Morgan fingerprint density at radius 1 is 0.909 bits per heavy atom. The number of hydrogen-bond donors (Lipinski definition) is 0. The van der Waals surface area contributed by atoms with Crippen molar-refractivity contribution >= 4 is 22.5 Å². The van der Waals surface area contributed by atoms with Gasteiger partial charge in [0, 0.05) is 5.75 Å². The summed E-state index contributed by atoms with van der Waals surface area (Å²) in [5.41, 5.74) is 0. The summed E-state index contributed by atoms with van der Waals surface area (Å²) < 4.78 is 0. The van der Waals surface area contributed by atoms with Gasteiger partial charge >= 0.3 is 0 Å². The molecule has 0 amide bonds. The minimum atomic E-state index is 1.17. The van der Waals surface area contributed by atoms with Gasteiger partial charge in [0.2, 0.25) is 0 Å². The van der Waals surface area contributed by atoms with Crippen LogP contribution < -0.4 is 0 Å². The first-order valence-electron chi connectivity index (χ1n) is 4.66. The molecule has 11 heavy (non-hydrogen) atoms. The fourth-order valence-corrected chi connectivity index (χ4v) is 1.79. The molecule has 0 aromatic carbocycles. The maximum absolute atomic E-state index is 4.79. The molecule has 0 saturated heterocycles. The first-order chi connectivity index (χ1) is 5.41. The monoisotopic (exact) mass is 191 g/mol. The van der Waals surface area contributed by atoms with Crippen LogP contribution in [0.2, 0.25) is 0 Å². The smallest absolute Gasteiger partial charge is 0.00454 e. The van der Waals surface area contributed by atoms with E-state index in [-0.39, 0.29) is 0 Å². The second-order valence-electron chi connectivity index (χ2n) is 2.94. The summed E-state index contributed by atoms with van der Waals surface area (Å²) in [6.45, 7) is 2.26. The van der Waals surface area contributed by atoms with E-state index in [1.165, 1.54) is 50.7 Å². The summed E-state index contributed by atoms with van der Waals surface area (Å²) in [4.78, 5) is 0. The van der Waals surface area contributed by atoms with Crippen LogP contribution in [0.1, 0.15) is 51.9 Å². The van der Waals surface area contributed by atoms with Crippen molar-refractivity contribution in [2.75, 3.05) is 5.75 Å². The van der Waals surface area contributed by atoms with Crippen LogP contribution in [0.4, 0.5) is 0 Å². The number of unbranched alkanes of at least 4 members (excludes halogenated alkanes) is 6. The molecule has 0 aliphatic carbocycles. The van der Waals surface area contributed by atoms with Gasteiger partial charge in [-0.05, 0) is 18.1 Å². The maximum atomic E-state index is 4.79. The van der Waals surface area contributed by atoms with E-state index in [0.717, 1.165) is 0 Å². The fraction of sp³-hybridized carbons (Fsp3) is 1.00. The minimum Gasteiger partial charge on any atom is -0.0817 e. The van der Waals surface area contributed by atoms with Gasteiger partial charge in [-0.2, -0.15) is 0 Å². The van der Waals surface area contributed by atoms with E-state index in [4.69, 9.17) is 11.7 Å². The maximum Gasteiger partial charge on any atom is 0.00454 e. The van der Waals surface area contributed by atoms with E-state index in [1.807, 2.05) is 0 Å². The topological polar surface area (TPSA) is 0 Å². The standard InChI is InChI=1S/C9H19S2/c1-2-3-4-5-6-7-8-9-11-10/h2-9H2,1H3. The Labute approximate surface area is 80.3 Å². The van der Waals surface area contributed by atoms with Crippen LogP contribution in [0.15, 0.2) is 0 Å². The minimum absolute atomic E-state index is 1.17. The lowest BCUT2D eigenvalue weighted by Crippen LogP contribution is -1.80. The first kappa shape index (κ1) is 11.7. The molecule has 1 radical (unpaired) electrons. The third kappa shape index (κ3) is 10.7. The molecule has 0 aliphatic heterocycles. The highest BCUT2D eigenvalue weighted by Gasteiger charge is 1.89. The average Bonchev–Trinajstić information content (AvgIpc) is 2.03. The molecule has 0 rings (SSSR count). The Morgan fingerprint density at radius 2 is 1.45 bits per heavy atom. The quantitative estimate of drug-likeness (QED) is 0.399. The van der Waals surface area contributed by atoms with Crippen molar-refractivity contribution in [1.82, 2.24) is 0 Å². The molecule has 0 atom stereocenters. The second-order valence-corrected chi connectivity index (χ2v) is 4.29. The van der Waals surface area contributed by atoms with E-state index in [1.54, 1.807) is 10.8 Å². The van der Waals surface area contributed by atoms with Gasteiger partial charge in [-0.15, -0.1) is 0 Å². The third-order valence-corrected chi connectivity index (χ3v) is 2.79. The molecule has 0 heterocycles. The molecule has 0 aromatic heterocycles. The summed E-state index contributed by atoms with van der Waals surface area (Å²) >= 11 is 4.79.